The minimum atomic E-state index is -0.585. The summed E-state index contributed by atoms with van der Waals surface area (Å²) in [5.74, 6) is 0.0809. The van der Waals surface area contributed by atoms with Crippen LogP contribution in [0.3, 0.4) is 0 Å². The quantitative estimate of drug-likeness (QED) is 0.385. The lowest BCUT2D eigenvalue weighted by atomic mass is 10.1. The number of aromatic nitrogens is 2. The Morgan fingerprint density at radius 2 is 1.87 bits per heavy atom. The summed E-state index contributed by atoms with van der Waals surface area (Å²) >= 11 is 0. The van der Waals surface area contributed by atoms with Crippen LogP contribution in [0, 0.1) is 6.92 Å². The van der Waals surface area contributed by atoms with Gasteiger partial charge in [-0.2, -0.15) is 4.98 Å². The molecule has 0 atom stereocenters. The smallest absolute Gasteiger partial charge is 0.338 e. The van der Waals surface area contributed by atoms with Crippen LogP contribution in [0.1, 0.15) is 28.7 Å². The average Bonchev–Trinajstić information content (AvgIpc) is 3.17. The predicted molar refractivity (Wildman–Crippen MR) is 110 cm³/mol. The zero-order valence-electron chi connectivity index (χ0n) is 16.7. The fourth-order valence-corrected chi connectivity index (χ4v) is 3.02. The molecule has 0 fully saturated rings. The fourth-order valence-electron chi connectivity index (χ4n) is 3.02. The molecule has 1 N–H and O–H groups in total. The van der Waals surface area contributed by atoms with E-state index in [4.69, 9.17) is 13.7 Å². The SMILES string of the molecule is CC(=O)Nc1ccc2c(COC(=O)c3ccc(-c4nc(C)no4)cc3)cc(=O)oc2c1. The Kier molecular flexibility index (Phi) is 5.31. The van der Waals surface area contributed by atoms with E-state index in [1.165, 1.54) is 13.0 Å². The maximum absolute atomic E-state index is 12.4. The minimum Gasteiger partial charge on any atom is -0.457 e. The molecule has 0 spiro atoms. The molecule has 9 nitrogen and oxygen atoms in total. The molecule has 0 aliphatic heterocycles. The van der Waals surface area contributed by atoms with E-state index in [1.807, 2.05) is 0 Å². The first-order valence-electron chi connectivity index (χ1n) is 9.31. The van der Waals surface area contributed by atoms with Crippen LogP contribution in [0.4, 0.5) is 5.69 Å². The van der Waals surface area contributed by atoms with Gasteiger partial charge >= 0.3 is 11.6 Å². The molecule has 9 heteroatoms. The summed E-state index contributed by atoms with van der Waals surface area (Å²) in [7, 11) is 0. The van der Waals surface area contributed by atoms with Crippen LogP contribution < -0.4 is 10.9 Å². The second-order valence-electron chi connectivity index (χ2n) is 6.78. The van der Waals surface area contributed by atoms with Crippen molar-refractivity contribution >= 4 is 28.5 Å². The molecule has 4 aromatic rings. The minimum absolute atomic E-state index is 0.120. The van der Waals surface area contributed by atoms with Crippen molar-refractivity contribution in [2.75, 3.05) is 5.32 Å². The number of amides is 1. The van der Waals surface area contributed by atoms with Gasteiger partial charge in [0.05, 0.1) is 5.56 Å². The van der Waals surface area contributed by atoms with E-state index in [0.717, 1.165) is 0 Å². The number of hydrogen-bond acceptors (Lipinski definition) is 8. The van der Waals surface area contributed by atoms with Gasteiger partial charge in [0, 0.05) is 41.3 Å². The number of fused-ring (bicyclic) bond motifs is 1. The van der Waals surface area contributed by atoms with E-state index in [0.29, 0.717) is 39.5 Å². The number of nitrogens with one attached hydrogen (secondary N) is 1. The lowest BCUT2D eigenvalue weighted by Crippen LogP contribution is -2.09. The van der Waals surface area contributed by atoms with Crippen LogP contribution in [0.2, 0.25) is 0 Å². The Morgan fingerprint density at radius 1 is 1.10 bits per heavy atom. The molecule has 0 radical (unpaired) electrons. The number of carbonyl (C=O) groups is 2. The van der Waals surface area contributed by atoms with Crippen LogP contribution in [0.5, 0.6) is 0 Å². The number of benzene rings is 2. The Morgan fingerprint density at radius 3 is 2.55 bits per heavy atom. The highest BCUT2D eigenvalue weighted by Gasteiger charge is 2.13. The highest BCUT2D eigenvalue weighted by Crippen LogP contribution is 2.23. The molecule has 4 rings (SSSR count). The third-order valence-electron chi connectivity index (χ3n) is 4.40. The summed E-state index contributed by atoms with van der Waals surface area (Å²) in [5.41, 5.74) is 1.70. The van der Waals surface area contributed by atoms with E-state index in [9.17, 15) is 14.4 Å². The van der Waals surface area contributed by atoms with E-state index in [2.05, 4.69) is 15.5 Å². The van der Waals surface area contributed by atoms with Crippen molar-refractivity contribution in [2.45, 2.75) is 20.5 Å². The summed E-state index contributed by atoms with van der Waals surface area (Å²) in [6, 6.07) is 12.7. The van der Waals surface area contributed by atoms with Gasteiger partial charge in [0.25, 0.3) is 5.89 Å². The topological polar surface area (TPSA) is 125 Å². The second-order valence-corrected chi connectivity index (χ2v) is 6.78. The van der Waals surface area contributed by atoms with Gasteiger partial charge in [-0.25, -0.2) is 9.59 Å². The highest BCUT2D eigenvalue weighted by atomic mass is 16.5. The van der Waals surface area contributed by atoms with E-state index in [-0.39, 0.29) is 18.1 Å². The number of ether oxygens (including phenoxy) is 1. The maximum atomic E-state index is 12.4. The zero-order valence-corrected chi connectivity index (χ0v) is 16.7. The summed E-state index contributed by atoms with van der Waals surface area (Å²) in [5, 5.41) is 6.96. The van der Waals surface area contributed by atoms with Gasteiger partial charge in [0.2, 0.25) is 5.91 Å². The van der Waals surface area contributed by atoms with Gasteiger partial charge in [-0.05, 0) is 43.3 Å². The fraction of sp³-hybridized carbons (Fsp3) is 0.136. The molecular formula is C22H17N3O6. The molecule has 0 aliphatic carbocycles. The van der Waals surface area contributed by atoms with Gasteiger partial charge in [-0.3, -0.25) is 4.79 Å². The summed E-state index contributed by atoms with van der Waals surface area (Å²) < 4.78 is 15.7. The summed E-state index contributed by atoms with van der Waals surface area (Å²) in [4.78, 5) is 39.7. The average molecular weight is 419 g/mol. The Balaban J connectivity index is 1.51. The molecular weight excluding hydrogens is 402 g/mol. The van der Waals surface area contributed by atoms with Crippen LogP contribution in [-0.4, -0.2) is 22.0 Å². The molecule has 2 aromatic carbocycles. The lowest BCUT2D eigenvalue weighted by molar-refractivity contribution is -0.114. The Hall–Kier alpha value is -4.27. The van der Waals surface area contributed by atoms with Gasteiger partial charge in [-0.1, -0.05) is 5.16 Å². The number of aryl methyl sites for hydroxylation is 1. The largest absolute Gasteiger partial charge is 0.457 e. The lowest BCUT2D eigenvalue weighted by Gasteiger charge is -2.09. The summed E-state index contributed by atoms with van der Waals surface area (Å²) in [6.45, 7) is 2.98. The maximum Gasteiger partial charge on any atom is 0.338 e. The number of hydrogen-bond donors (Lipinski definition) is 1. The standard InChI is InChI=1S/C22H17N3O6/c1-12-23-21(31-25-12)14-3-5-15(6-4-14)22(28)29-11-16-9-20(27)30-19-10-17(24-13(2)26)7-8-18(16)19/h3-10H,11H2,1-2H3,(H,24,26). The van der Waals surface area contributed by atoms with Crippen molar-refractivity contribution in [2.24, 2.45) is 0 Å². The molecule has 2 aromatic heterocycles. The van der Waals surface area contributed by atoms with Crippen LogP contribution >= 0.6 is 0 Å². The second kappa shape index (κ2) is 8.23. The van der Waals surface area contributed by atoms with Crippen LogP contribution in [0.15, 0.2) is 62.3 Å². The Labute approximate surface area is 175 Å². The van der Waals surface area contributed by atoms with Crippen molar-refractivity contribution in [3.05, 3.63) is 75.9 Å². The van der Waals surface area contributed by atoms with Crippen LogP contribution in [0.25, 0.3) is 22.4 Å². The van der Waals surface area contributed by atoms with Gasteiger partial charge in [0.1, 0.15) is 12.2 Å². The van der Waals surface area contributed by atoms with Crippen LogP contribution in [-0.2, 0) is 16.1 Å². The Bertz CT molecular complexity index is 1340. The van der Waals surface area contributed by atoms with Crippen molar-refractivity contribution < 1.29 is 23.3 Å². The first kappa shape index (κ1) is 20.0. The first-order valence-corrected chi connectivity index (χ1v) is 9.31. The van der Waals surface area contributed by atoms with Gasteiger partial charge in [-0.15, -0.1) is 0 Å². The van der Waals surface area contributed by atoms with E-state index >= 15 is 0 Å². The first-order chi connectivity index (χ1) is 14.9. The third-order valence-corrected chi connectivity index (χ3v) is 4.40. The molecule has 0 bridgehead atoms. The molecule has 0 saturated heterocycles. The number of carbonyl (C=O) groups excluding carboxylic acids is 2. The zero-order chi connectivity index (χ0) is 22.0. The van der Waals surface area contributed by atoms with Crippen molar-refractivity contribution in [1.82, 2.24) is 10.1 Å². The molecule has 2 heterocycles. The van der Waals surface area contributed by atoms with Crippen molar-refractivity contribution in [3.8, 4) is 11.5 Å². The number of esters is 1. The number of rotatable bonds is 5. The molecule has 0 unspecified atom stereocenters. The highest BCUT2D eigenvalue weighted by molar-refractivity contribution is 5.92. The van der Waals surface area contributed by atoms with Gasteiger partial charge < -0.3 is 19.0 Å². The third kappa shape index (κ3) is 4.50. The van der Waals surface area contributed by atoms with Crippen molar-refractivity contribution in [1.29, 1.82) is 0 Å². The predicted octanol–water partition coefficient (Wildman–Crippen LogP) is 3.47. The summed E-state index contributed by atoms with van der Waals surface area (Å²) in [6.07, 6.45) is 0. The molecule has 1 amide bonds. The number of anilines is 1. The van der Waals surface area contributed by atoms with E-state index in [1.54, 1.807) is 49.4 Å². The van der Waals surface area contributed by atoms with Crippen molar-refractivity contribution in [3.63, 3.8) is 0 Å². The molecule has 0 saturated carbocycles. The molecule has 0 aliphatic rings. The molecule has 156 valence electrons. The normalized spacial score (nSPS) is 10.8. The number of nitrogens with zero attached hydrogens (tertiary/aromatic N) is 2. The van der Waals surface area contributed by atoms with E-state index < -0.39 is 11.6 Å². The van der Waals surface area contributed by atoms with Gasteiger partial charge in [0.15, 0.2) is 5.82 Å². The molecule has 31 heavy (non-hydrogen) atoms. The monoisotopic (exact) mass is 419 g/mol.